The SMILES string of the molecule is C=C(C)/C(=C\C=C(C)C)CO.C=C(C)/C(C=O)=C\C=C(C)C.CC(C)CCC(CO)C(C)C.CO.O=[P+]=O.[B].[H-].[H-].[Na+].[Na+]. The molecule has 3 N–H and O–H groups in total. The van der Waals surface area contributed by atoms with Crippen molar-refractivity contribution in [2.24, 2.45) is 17.8 Å². The largest absolute Gasteiger partial charge is 1.00 e. The maximum atomic E-state index is 10.4. The molecule has 0 aliphatic rings. The molecule has 0 saturated heterocycles. The molecule has 0 aliphatic carbocycles. The molecule has 0 heterocycles. The quantitative estimate of drug-likeness (QED) is 0.108. The molecule has 0 aromatic carbocycles. The van der Waals surface area contributed by atoms with Gasteiger partial charge in [0.1, 0.15) is 6.29 Å². The first-order valence-electron chi connectivity index (χ1n) is 12.7. The van der Waals surface area contributed by atoms with E-state index in [-0.39, 0.29) is 77.0 Å². The van der Waals surface area contributed by atoms with Crippen molar-refractivity contribution in [1.29, 1.82) is 0 Å². The van der Waals surface area contributed by atoms with Gasteiger partial charge in [-0.1, -0.05) is 88.3 Å². The van der Waals surface area contributed by atoms with Gasteiger partial charge in [0, 0.05) is 27.7 Å². The van der Waals surface area contributed by atoms with Crippen molar-refractivity contribution in [3.63, 3.8) is 0 Å². The Morgan fingerprint density at radius 2 is 1.17 bits per heavy atom. The van der Waals surface area contributed by atoms with E-state index in [2.05, 4.69) is 40.9 Å². The number of carbonyl (C=O) groups is 1. The molecule has 0 rings (SSSR count). The number of hydrogen-bond donors (Lipinski definition) is 3. The topological polar surface area (TPSA) is 112 Å². The van der Waals surface area contributed by atoms with E-state index in [1.165, 1.54) is 24.0 Å². The number of aldehydes is 1. The smallest absolute Gasteiger partial charge is 1.00 e. The van der Waals surface area contributed by atoms with Crippen LogP contribution in [-0.4, -0.2) is 50.3 Å². The minimum atomic E-state index is -1.08. The molecule has 0 amide bonds. The van der Waals surface area contributed by atoms with E-state index in [1.807, 2.05) is 59.8 Å². The van der Waals surface area contributed by atoms with Gasteiger partial charge < -0.3 is 18.2 Å². The Labute approximate surface area is 303 Å². The maximum Gasteiger partial charge on any atom is 1.00 e. The van der Waals surface area contributed by atoms with Crippen LogP contribution in [0.2, 0.25) is 0 Å². The zero-order chi connectivity index (χ0) is 31.3. The van der Waals surface area contributed by atoms with Crippen LogP contribution in [0.5, 0.6) is 0 Å². The van der Waals surface area contributed by atoms with Crippen molar-refractivity contribution < 1.29 is 91.2 Å². The second kappa shape index (κ2) is 44.5. The molecule has 10 heteroatoms. The van der Waals surface area contributed by atoms with E-state index >= 15 is 0 Å². The van der Waals surface area contributed by atoms with Crippen LogP contribution >= 0.6 is 8.34 Å². The molecule has 1 atom stereocenters. The van der Waals surface area contributed by atoms with Crippen LogP contribution in [0, 0.1) is 17.8 Å². The molecule has 6 nitrogen and oxygen atoms in total. The Morgan fingerprint density at radius 3 is 1.39 bits per heavy atom. The van der Waals surface area contributed by atoms with Gasteiger partial charge in [-0.15, -0.1) is 0 Å². The second-order valence-corrected chi connectivity index (χ2v) is 10.0. The van der Waals surface area contributed by atoms with Crippen LogP contribution in [0.1, 0.15) is 84.9 Å². The monoisotopic (exact) mass is 614 g/mol. The van der Waals surface area contributed by atoms with E-state index in [4.69, 9.17) is 24.4 Å². The van der Waals surface area contributed by atoms with Gasteiger partial charge in [-0.25, -0.2) is 0 Å². The molecule has 0 aliphatic heterocycles. The molecule has 227 valence electrons. The van der Waals surface area contributed by atoms with Gasteiger partial charge in [-0.2, -0.15) is 0 Å². The van der Waals surface area contributed by atoms with Gasteiger partial charge in [-0.05, 0) is 76.9 Å². The second-order valence-electron chi connectivity index (χ2n) is 9.87. The Hall–Kier alpha value is 0.0849. The molecule has 0 aromatic heterocycles. The fourth-order valence-electron chi connectivity index (χ4n) is 2.32. The van der Waals surface area contributed by atoms with Gasteiger partial charge in [-0.3, -0.25) is 4.79 Å². The summed E-state index contributed by atoms with van der Waals surface area (Å²) in [6, 6.07) is 0. The molecular formula is C31H58BNa2O6P+. The summed E-state index contributed by atoms with van der Waals surface area (Å²) in [7, 11) is -0.0833. The first-order chi connectivity index (χ1) is 17.6. The summed E-state index contributed by atoms with van der Waals surface area (Å²) in [5.41, 5.74) is 5.67. The average Bonchev–Trinajstić information content (AvgIpc) is 2.82. The van der Waals surface area contributed by atoms with Crippen LogP contribution in [0.4, 0.5) is 0 Å². The van der Waals surface area contributed by atoms with Crippen LogP contribution in [0.15, 0.2) is 70.9 Å². The van der Waals surface area contributed by atoms with Crippen LogP contribution in [-0.2, 0) is 13.9 Å². The Bertz CT molecular complexity index is 802. The predicted molar refractivity (Wildman–Crippen MR) is 172 cm³/mol. The van der Waals surface area contributed by atoms with Crippen molar-refractivity contribution in [2.45, 2.75) is 82.1 Å². The van der Waals surface area contributed by atoms with Gasteiger partial charge >= 0.3 is 76.6 Å². The first-order valence-corrected chi connectivity index (χ1v) is 13.4. The summed E-state index contributed by atoms with van der Waals surface area (Å²) in [6.45, 7) is 28.4. The summed E-state index contributed by atoms with van der Waals surface area (Å²) in [5.74, 6) is 1.90. The van der Waals surface area contributed by atoms with E-state index in [0.717, 1.165) is 36.0 Å². The van der Waals surface area contributed by atoms with Crippen LogP contribution in [0.3, 0.4) is 0 Å². The van der Waals surface area contributed by atoms with Crippen LogP contribution in [0.25, 0.3) is 0 Å². The molecular weight excluding hydrogens is 556 g/mol. The van der Waals surface area contributed by atoms with Gasteiger partial charge in [0.2, 0.25) is 0 Å². The van der Waals surface area contributed by atoms with Gasteiger partial charge in [0.05, 0.1) is 6.61 Å². The maximum absolute atomic E-state index is 10.4. The number of hydrogen-bond acceptors (Lipinski definition) is 6. The third kappa shape index (κ3) is 53.1. The molecule has 0 spiro atoms. The number of carbonyl (C=O) groups excluding carboxylic acids is 1. The molecule has 0 aromatic rings. The number of aliphatic hydroxyl groups excluding tert-OH is 3. The van der Waals surface area contributed by atoms with Crippen LogP contribution < -0.4 is 59.1 Å². The summed E-state index contributed by atoms with van der Waals surface area (Å²) in [6.07, 6.45) is 10.8. The zero-order valence-electron chi connectivity index (χ0n) is 30.5. The summed E-state index contributed by atoms with van der Waals surface area (Å²) in [4.78, 5) is 10.4. The summed E-state index contributed by atoms with van der Waals surface area (Å²) in [5, 5.41) is 24.9. The molecule has 0 fully saturated rings. The fraction of sp³-hybridized carbons (Fsp3) is 0.581. The zero-order valence-corrected chi connectivity index (χ0v) is 33.3. The third-order valence-corrected chi connectivity index (χ3v) is 4.84. The minimum absolute atomic E-state index is 0. The van der Waals surface area contributed by atoms with Crippen molar-refractivity contribution >= 4 is 23.0 Å². The minimum Gasteiger partial charge on any atom is -1.00 e. The van der Waals surface area contributed by atoms with E-state index in [9.17, 15) is 4.79 Å². The standard InChI is InChI=1S/C10H22O.C10H16O.C10H14O.CH4O.B.2Na.O2P.2H/c3*1-8(2)5-6-10(7-11)9(3)4;1-2;;;;1-3-2;;/h8-11H,5-7H2,1-4H3;5-6,11H,3,7H2,1-2,4H3;5-7H,3H2,1-2,4H3;2H,1H3;;;;;;/q;;;;;3*+1;2*-1/b;2*10-6-;;;;;;;. The Balaban J connectivity index is -0.0000000417. The normalized spacial score (nSPS) is 10.0. The van der Waals surface area contributed by atoms with Crippen molar-refractivity contribution in [3.8, 4) is 0 Å². The summed E-state index contributed by atoms with van der Waals surface area (Å²) >= 11 is 0. The van der Waals surface area contributed by atoms with Crippen molar-refractivity contribution in [2.75, 3.05) is 20.3 Å². The predicted octanol–water partition coefficient (Wildman–Crippen LogP) is 1.87. The van der Waals surface area contributed by atoms with Gasteiger partial charge in [0.25, 0.3) is 0 Å². The number of aliphatic hydroxyl groups is 3. The molecule has 0 saturated carbocycles. The van der Waals surface area contributed by atoms with Crippen molar-refractivity contribution in [3.05, 3.63) is 70.9 Å². The van der Waals surface area contributed by atoms with E-state index in [0.29, 0.717) is 24.0 Å². The Kier molecular flexibility index (Phi) is 65.5. The summed E-state index contributed by atoms with van der Waals surface area (Å²) < 4.78 is 16.7. The molecule has 0 bridgehead atoms. The molecule has 1 unspecified atom stereocenters. The molecule has 41 heavy (non-hydrogen) atoms. The number of rotatable bonds is 11. The third-order valence-electron chi connectivity index (χ3n) is 4.84. The Morgan fingerprint density at radius 1 is 0.780 bits per heavy atom. The average molecular weight is 615 g/mol. The number of allylic oxidation sites excluding steroid dienone is 8. The first kappa shape index (κ1) is 60.3. The van der Waals surface area contributed by atoms with E-state index in [1.54, 1.807) is 6.08 Å². The van der Waals surface area contributed by atoms with Gasteiger partial charge in [0.15, 0.2) is 0 Å². The van der Waals surface area contributed by atoms with E-state index < -0.39 is 8.34 Å². The fourth-order valence-corrected chi connectivity index (χ4v) is 2.32. The molecule has 3 radical (unpaired) electrons. The van der Waals surface area contributed by atoms with Crippen molar-refractivity contribution in [1.82, 2.24) is 0 Å².